The zero-order valence-electron chi connectivity index (χ0n) is 7.84. The Morgan fingerprint density at radius 2 is 2.15 bits per heavy atom. The van der Waals surface area contributed by atoms with Gasteiger partial charge in [0.25, 0.3) is 5.92 Å². The van der Waals surface area contributed by atoms with E-state index in [9.17, 15) is 8.78 Å². The van der Waals surface area contributed by atoms with Crippen molar-refractivity contribution in [3.8, 4) is 0 Å². The van der Waals surface area contributed by atoms with Crippen LogP contribution in [-0.4, -0.2) is 17.1 Å². The Morgan fingerprint density at radius 3 is 2.62 bits per heavy atom. The van der Waals surface area contributed by atoms with Gasteiger partial charge in [0.05, 0.1) is 0 Å². The Bertz CT molecular complexity index is 176. The van der Waals surface area contributed by atoms with Crippen molar-refractivity contribution < 1.29 is 13.9 Å². The quantitative estimate of drug-likeness (QED) is 0.504. The number of aliphatic hydroxyl groups is 1. The van der Waals surface area contributed by atoms with Gasteiger partial charge in [-0.1, -0.05) is 38.5 Å². The van der Waals surface area contributed by atoms with Crippen LogP contribution in [0.25, 0.3) is 0 Å². The minimum Gasteiger partial charge on any atom is -0.382 e. The first-order chi connectivity index (χ1) is 6.04. The van der Waals surface area contributed by atoms with Gasteiger partial charge >= 0.3 is 0 Å². The third kappa shape index (κ3) is 4.78. The summed E-state index contributed by atoms with van der Waals surface area (Å²) in [5, 5.41) is 8.97. The summed E-state index contributed by atoms with van der Waals surface area (Å²) in [4.78, 5) is 0. The number of hydrogen-bond donors (Lipinski definition) is 1. The fourth-order valence-corrected chi connectivity index (χ4v) is 0.796. The standard InChI is InChI=1S/C10H16F2O/c1-3-5-6-7-8-9(13)10(11,12)4-2/h4,7-9,13H,2-3,5-6H2,1H3/b8-7+. The number of unbranched alkanes of at least 4 members (excludes halogenated alkanes) is 2. The van der Waals surface area contributed by atoms with E-state index in [1.165, 1.54) is 0 Å². The Morgan fingerprint density at radius 1 is 1.54 bits per heavy atom. The zero-order valence-corrected chi connectivity index (χ0v) is 7.84. The average molecular weight is 190 g/mol. The van der Waals surface area contributed by atoms with Gasteiger partial charge in [-0.2, -0.15) is 8.78 Å². The first-order valence-corrected chi connectivity index (χ1v) is 4.40. The molecule has 0 aromatic rings. The molecule has 0 amide bonds. The molecule has 0 bridgehead atoms. The second kappa shape index (κ2) is 5.86. The molecule has 0 rings (SSSR count). The van der Waals surface area contributed by atoms with Crippen LogP contribution in [0.3, 0.4) is 0 Å². The van der Waals surface area contributed by atoms with E-state index in [-0.39, 0.29) is 0 Å². The van der Waals surface area contributed by atoms with Crippen molar-refractivity contribution in [2.24, 2.45) is 0 Å². The van der Waals surface area contributed by atoms with Crippen LogP contribution in [0.15, 0.2) is 24.8 Å². The molecule has 1 N–H and O–H groups in total. The highest BCUT2D eigenvalue weighted by Gasteiger charge is 2.32. The molecule has 76 valence electrons. The third-order valence-electron chi connectivity index (χ3n) is 1.71. The van der Waals surface area contributed by atoms with Gasteiger partial charge < -0.3 is 5.11 Å². The summed E-state index contributed by atoms with van der Waals surface area (Å²) < 4.78 is 25.3. The van der Waals surface area contributed by atoms with Gasteiger partial charge in [0.1, 0.15) is 6.10 Å². The molecule has 0 radical (unpaired) electrons. The van der Waals surface area contributed by atoms with Crippen molar-refractivity contribution in [2.75, 3.05) is 0 Å². The van der Waals surface area contributed by atoms with Crippen LogP contribution in [-0.2, 0) is 0 Å². The fraction of sp³-hybridized carbons (Fsp3) is 0.600. The van der Waals surface area contributed by atoms with Gasteiger partial charge in [-0.3, -0.25) is 0 Å². The molecule has 13 heavy (non-hydrogen) atoms. The van der Waals surface area contributed by atoms with Crippen LogP contribution in [0.4, 0.5) is 8.78 Å². The number of halogens is 2. The van der Waals surface area contributed by atoms with E-state index in [4.69, 9.17) is 5.11 Å². The van der Waals surface area contributed by atoms with Crippen molar-refractivity contribution in [3.05, 3.63) is 24.8 Å². The molecule has 0 aliphatic rings. The minimum absolute atomic E-state index is 0.460. The molecule has 0 aliphatic heterocycles. The summed E-state index contributed by atoms with van der Waals surface area (Å²) in [6.45, 7) is 4.97. The molecule has 0 heterocycles. The largest absolute Gasteiger partial charge is 0.382 e. The van der Waals surface area contributed by atoms with Crippen LogP contribution in [0.5, 0.6) is 0 Å². The lowest BCUT2D eigenvalue weighted by molar-refractivity contribution is -0.0448. The molecule has 1 nitrogen and oxygen atoms in total. The lowest BCUT2D eigenvalue weighted by Crippen LogP contribution is -2.28. The monoisotopic (exact) mass is 190 g/mol. The third-order valence-corrected chi connectivity index (χ3v) is 1.71. The topological polar surface area (TPSA) is 20.2 Å². The summed E-state index contributed by atoms with van der Waals surface area (Å²) >= 11 is 0. The highest BCUT2D eigenvalue weighted by molar-refractivity contribution is 5.03. The molecule has 3 heteroatoms. The van der Waals surface area contributed by atoms with Crippen LogP contribution in [0, 0.1) is 0 Å². The number of aliphatic hydroxyl groups excluding tert-OH is 1. The van der Waals surface area contributed by atoms with E-state index in [0.29, 0.717) is 6.08 Å². The lowest BCUT2D eigenvalue weighted by atomic mass is 10.1. The minimum atomic E-state index is -3.22. The highest BCUT2D eigenvalue weighted by Crippen LogP contribution is 2.20. The number of alkyl halides is 2. The van der Waals surface area contributed by atoms with E-state index in [0.717, 1.165) is 25.3 Å². The van der Waals surface area contributed by atoms with Crippen LogP contribution < -0.4 is 0 Å². The molecule has 1 atom stereocenters. The maximum absolute atomic E-state index is 12.6. The first-order valence-electron chi connectivity index (χ1n) is 4.40. The second-order valence-electron chi connectivity index (χ2n) is 2.89. The lowest BCUT2D eigenvalue weighted by Gasteiger charge is -2.14. The van der Waals surface area contributed by atoms with Crippen LogP contribution >= 0.6 is 0 Å². The molecule has 0 saturated carbocycles. The normalized spacial score (nSPS) is 14.8. The summed E-state index contributed by atoms with van der Waals surface area (Å²) in [5.41, 5.74) is 0. The van der Waals surface area contributed by atoms with Gasteiger partial charge in [-0.05, 0) is 12.5 Å². The van der Waals surface area contributed by atoms with E-state index < -0.39 is 12.0 Å². The maximum Gasteiger partial charge on any atom is 0.295 e. The Hall–Kier alpha value is -0.700. The highest BCUT2D eigenvalue weighted by atomic mass is 19.3. The average Bonchev–Trinajstić information content (AvgIpc) is 2.12. The first kappa shape index (κ1) is 12.3. The number of rotatable bonds is 6. The summed E-state index contributed by atoms with van der Waals surface area (Å²) in [6, 6.07) is 0. The van der Waals surface area contributed by atoms with Gasteiger partial charge in [0.2, 0.25) is 0 Å². The van der Waals surface area contributed by atoms with Crippen molar-refractivity contribution in [2.45, 2.75) is 38.2 Å². The Balaban J connectivity index is 3.91. The number of allylic oxidation sites excluding steroid dienone is 1. The van der Waals surface area contributed by atoms with Crippen LogP contribution in [0.2, 0.25) is 0 Å². The maximum atomic E-state index is 12.6. The molecule has 0 spiro atoms. The molecular formula is C10H16F2O. The van der Waals surface area contributed by atoms with Crippen LogP contribution in [0.1, 0.15) is 26.2 Å². The van der Waals surface area contributed by atoms with Gasteiger partial charge in [-0.25, -0.2) is 0 Å². The van der Waals surface area contributed by atoms with E-state index in [1.807, 2.05) is 6.92 Å². The van der Waals surface area contributed by atoms with E-state index in [1.54, 1.807) is 6.08 Å². The van der Waals surface area contributed by atoms with Gasteiger partial charge in [0.15, 0.2) is 0 Å². The van der Waals surface area contributed by atoms with Crippen molar-refractivity contribution in [1.29, 1.82) is 0 Å². The van der Waals surface area contributed by atoms with Crippen molar-refractivity contribution in [3.63, 3.8) is 0 Å². The smallest absolute Gasteiger partial charge is 0.295 e. The summed E-state index contributed by atoms with van der Waals surface area (Å²) in [5.74, 6) is -3.22. The molecule has 0 aromatic heterocycles. The van der Waals surface area contributed by atoms with Crippen molar-refractivity contribution >= 4 is 0 Å². The second-order valence-corrected chi connectivity index (χ2v) is 2.89. The molecule has 0 saturated heterocycles. The van der Waals surface area contributed by atoms with E-state index >= 15 is 0 Å². The predicted molar refractivity (Wildman–Crippen MR) is 49.8 cm³/mol. The zero-order chi connectivity index (χ0) is 10.3. The summed E-state index contributed by atoms with van der Waals surface area (Å²) in [6.07, 6.45) is 4.09. The molecule has 0 fully saturated rings. The summed E-state index contributed by atoms with van der Waals surface area (Å²) in [7, 11) is 0. The van der Waals surface area contributed by atoms with E-state index in [2.05, 4.69) is 6.58 Å². The van der Waals surface area contributed by atoms with Crippen molar-refractivity contribution in [1.82, 2.24) is 0 Å². The molecule has 0 aromatic carbocycles. The SMILES string of the molecule is C=CC(F)(F)C(O)/C=C/CCCC. The molecule has 1 unspecified atom stereocenters. The predicted octanol–water partition coefficient (Wildman–Crippen LogP) is 2.92. The molecule has 0 aliphatic carbocycles. The Labute approximate surface area is 77.8 Å². The van der Waals surface area contributed by atoms with Gasteiger partial charge in [-0.15, -0.1) is 0 Å². The Kier molecular flexibility index (Phi) is 5.55. The fourth-order valence-electron chi connectivity index (χ4n) is 0.796. The van der Waals surface area contributed by atoms with Gasteiger partial charge in [0, 0.05) is 0 Å². The molecular weight excluding hydrogens is 174 g/mol. The number of hydrogen-bond acceptors (Lipinski definition) is 1.